The van der Waals surface area contributed by atoms with E-state index in [9.17, 15) is 18.0 Å². The number of nitrogens with zero attached hydrogens (tertiary/aromatic N) is 2. The Morgan fingerprint density at radius 3 is 2.70 bits per heavy atom. The number of carbonyl (C=O) groups excluding carboxylic acids is 2. The number of nitrogens with one attached hydrogen (secondary N) is 3. The Balaban J connectivity index is 1.58. The SMILES string of the molecule is C[C@H](C(=O)NCc1cc2cnccc2[nH]1)C1(C(N)=O)CC(c2ccccc2)CCN1CCNS(C)(=O)=O. The first-order valence-corrected chi connectivity index (χ1v) is 14.2. The Bertz CT molecular complexity index is 1330. The molecule has 37 heavy (non-hydrogen) atoms. The van der Waals surface area contributed by atoms with Crippen LogP contribution in [0.25, 0.3) is 10.9 Å². The van der Waals surface area contributed by atoms with Gasteiger partial charge in [-0.2, -0.15) is 0 Å². The molecule has 0 saturated carbocycles. The maximum Gasteiger partial charge on any atom is 0.238 e. The van der Waals surface area contributed by atoms with Gasteiger partial charge in [0.15, 0.2) is 0 Å². The predicted octanol–water partition coefficient (Wildman–Crippen LogP) is 1.47. The van der Waals surface area contributed by atoms with E-state index >= 15 is 0 Å². The molecule has 3 heterocycles. The maximum absolute atomic E-state index is 13.5. The number of nitrogens with two attached hydrogens (primary N) is 1. The molecule has 198 valence electrons. The smallest absolute Gasteiger partial charge is 0.238 e. The van der Waals surface area contributed by atoms with Crippen LogP contribution >= 0.6 is 0 Å². The number of hydrogen-bond donors (Lipinski definition) is 4. The third kappa shape index (κ3) is 6.00. The van der Waals surface area contributed by atoms with Gasteiger partial charge in [-0.05, 0) is 43.0 Å². The monoisotopic (exact) mass is 526 g/mol. The summed E-state index contributed by atoms with van der Waals surface area (Å²) in [4.78, 5) is 35.9. The van der Waals surface area contributed by atoms with Gasteiger partial charge < -0.3 is 16.0 Å². The molecule has 2 amide bonds. The van der Waals surface area contributed by atoms with Crippen molar-refractivity contribution in [1.82, 2.24) is 24.9 Å². The van der Waals surface area contributed by atoms with Crippen molar-refractivity contribution in [3.63, 3.8) is 0 Å². The van der Waals surface area contributed by atoms with Crippen LogP contribution in [0, 0.1) is 5.92 Å². The van der Waals surface area contributed by atoms with Crippen molar-refractivity contribution in [3.05, 3.63) is 66.1 Å². The fraction of sp³-hybridized carbons (Fsp3) is 0.423. The van der Waals surface area contributed by atoms with Crippen LogP contribution in [0.1, 0.15) is 36.9 Å². The quantitative estimate of drug-likeness (QED) is 0.314. The average molecular weight is 527 g/mol. The number of rotatable bonds is 10. The zero-order chi connectivity index (χ0) is 26.6. The highest BCUT2D eigenvalue weighted by atomic mass is 32.2. The van der Waals surface area contributed by atoms with E-state index < -0.39 is 27.4 Å². The molecule has 4 rings (SSSR count). The number of benzene rings is 1. The van der Waals surface area contributed by atoms with Gasteiger partial charge in [-0.25, -0.2) is 13.1 Å². The van der Waals surface area contributed by atoms with E-state index in [1.54, 1.807) is 19.3 Å². The Hall–Kier alpha value is -3.28. The Labute approximate surface area is 217 Å². The number of aromatic nitrogens is 2. The number of hydrogen-bond acceptors (Lipinski definition) is 6. The summed E-state index contributed by atoms with van der Waals surface area (Å²) in [5, 5.41) is 3.90. The normalized spacial score (nSPS) is 21.5. The third-order valence-electron chi connectivity index (χ3n) is 7.35. The van der Waals surface area contributed by atoms with E-state index in [1.165, 1.54) is 0 Å². The van der Waals surface area contributed by atoms with Gasteiger partial charge in [0.05, 0.1) is 18.7 Å². The zero-order valence-electron chi connectivity index (χ0n) is 21.1. The Morgan fingerprint density at radius 2 is 2.03 bits per heavy atom. The first-order chi connectivity index (χ1) is 17.6. The van der Waals surface area contributed by atoms with E-state index in [4.69, 9.17) is 5.73 Å². The maximum atomic E-state index is 13.5. The number of likely N-dealkylation sites (tertiary alicyclic amines) is 1. The summed E-state index contributed by atoms with van der Waals surface area (Å²) >= 11 is 0. The Kier molecular flexibility index (Phi) is 7.96. The lowest BCUT2D eigenvalue weighted by Gasteiger charge is -2.50. The van der Waals surface area contributed by atoms with E-state index in [1.807, 2.05) is 47.4 Å². The van der Waals surface area contributed by atoms with Gasteiger partial charge in [-0.1, -0.05) is 37.3 Å². The summed E-state index contributed by atoms with van der Waals surface area (Å²) in [5.41, 5.74) is 7.61. The number of primary amides is 1. The van der Waals surface area contributed by atoms with Gasteiger partial charge in [-0.15, -0.1) is 0 Å². The molecular weight excluding hydrogens is 492 g/mol. The second-order valence-corrected chi connectivity index (χ2v) is 11.6. The summed E-state index contributed by atoms with van der Waals surface area (Å²) in [7, 11) is -3.40. The zero-order valence-corrected chi connectivity index (χ0v) is 21.9. The molecule has 0 radical (unpaired) electrons. The number of sulfonamides is 1. The van der Waals surface area contributed by atoms with Crippen molar-refractivity contribution in [3.8, 4) is 0 Å². The molecule has 3 aromatic rings. The second kappa shape index (κ2) is 11.0. The number of aromatic amines is 1. The van der Waals surface area contributed by atoms with Gasteiger partial charge >= 0.3 is 0 Å². The van der Waals surface area contributed by atoms with E-state index in [2.05, 4.69) is 20.0 Å². The van der Waals surface area contributed by atoms with Crippen molar-refractivity contribution in [2.45, 2.75) is 37.8 Å². The largest absolute Gasteiger partial charge is 0.368 e. The van der Waals surface area contributed by atoms with Crippen LogP contribution in [0.5, 0.6) is 0 Å². The lowest BCUT2D eigenvalue weighted by Crippen LogP contribution is -2.67. The van der Waals surface area contributed by atoms with Gasteiger partial charge in [0, 0.05) is 42.1 Å². The van der Waals surface area contributed by atoms with Crippen LogP contribution in [-0.4, -0.2) is 66.5 Å². The predicted molar refractivity (Wildman–Crippen MR) is 142 cm³/mol. The molecule has 1 aliphatic heterocycles. The van der Waals surface area contributed by atoms with Crippen LogP contribution < -0.4 is 15.8 Å². The van der Waals surface area contributed by atoms with Crippen molar-refractivity contribution >= 4 is 32.7 Å². The Morgan fingerprint density at radius 1 is 1.27 bits per heavy atom. The number of fused-ring (bicyclic) bond motifs is 1. The van der Waals surface area contributed by atoms with Crippen LogP contribution in [0.15, 0.2) is 54.9 Å². The molecule has 1 saturated heterocycles. The van der Waals surface area contributed by atoms with Crippen molar-refractivity contribution in [2.24, 2.45) is 11.7 Å². The minimum Gasteiger partial charge on any atom is -0.368 e. The fourth-order valence-corrected chi connectivity index (χ4v) is 5.87. The van der Waals surface area contributed by atoms with Crippen molar-refractivity contribution < 1.29 is 18.0 Å². The van der Waals surface area contributed by atoms with Crippen LogP contribution in [0.3, 0.4) is 0 Å². The average Bonchev–Trinajstić information content (AvgIpc) is 3.30. The molecule has 1 fully saturated rings. The van der Waals surface area contributed by atoms with Gasteiger partial charge in [-0.3, -0.25) is 19.5 Å². The molecule has 2 aromatic heterocycles. The molecule has 0 aliphatic carbocycles. The minimum atomic E-state index is -3.40. The molecular formula is C26H34N6O4S. The van der Waals surface area contributed by atoms with E-state index in [0.29, 0.717) is 13.0 Å². The first kappa shape index (κ1) is 26.8. The van der Waals surface area contributed by atoms with Crippen molar-refractivity contribution in [1.29, 1.82) is 0 Å². The molecule has 2 unspecified atom stereocenters. The summed E-state index contributed by atoms with van der Waals surface area (Å²) in [6.07, 6.45) is 5.65. The molecule has 1 aromatic carbocycles. The van der Waals surface area contributed by atoms with Crippen molar-refractivity contribution in [2.75, 3.05) is 25.9 Å². The van der Waals surface area contributed by atoms with Crippen LogP contribution in [0.4, 0.5) is 0 Å². The summed E-state index contributed by atoms with van der Waals surface area (Å²) in [6, 6.07) is 13.7. The number of carbonyl (C=O) groups is 2. The molecule has 10 nitrogen and oxygen atoms in total. The molecule has 5 N–H and O–H groups in total. The lowest BCUT2D eigenvalue weighted by molar-refractivity contribution is -0.146. The molecule has 3 atom stereocenters. The van der Waals surface area contributed by atoms with E-state index in [0.717, 1.165) is 34.8 Å². The molecule has 1 aliphatic rings. The van der Waals surface area contributed by atoms with Gasteiger partial charge in [0.1, 0.15) is 5.54 Å². The van der Waals surface area contributed by atoms with Crippen LogP contribution in [-0.2, 0) is 26.2 Å². The third-order valence-corrected chi connectivity index (χ3v) is 8.08. The highest BCUT2D eigenvalue weighted by Gasteiger charge is 2.53. The minimum absolute atomic E-state index is 0.0317. The molecule has 11 heteroatoms. The number of H-pyrrole nitrogens is 1. The number of pyridine rings is 1. The fourth-order valence-electron chi connectivity index (χ4n) is 5.41. The lowest BCUT2D eigenvalue weighted by atomic mass is 9.70. The number of piperidine rings is 1. The highest BCUT2D eigenvalue weighted by molar-refractivity contribution is 7.88. The molecule has 0 bridgehead atoms. The standard InChI is InChI=1S/C26H34N6O4S/c1-18(24(33)29-17-22-14-21-16-28-10-8-23(21)31-22)26(25(27)34)15-20(19-6-4-3-5-7-19)9-12-32(26)13-11-30-37(2,35)36/h3-8,10,14,16,18,20,30-31H,9,11-13,15,17H2,1-2H3,(H2,27,34)(H,29,33)/t18-,20?,26?/m1/s1. The second-order valence-electron chi connectivity index (χ2n) is 9.74. The van der Waals surface area contributed by atoms with Crippen LogP contribution in [0.2, 0.25) is 0 Å². The van der Waals surface area contributed by atoms with Gasteiger partial charge in [0.2, 0.25) is 21.8 Å². The summed E-state index contributed by atoms with van der Waals surface area (Å²) in [5.74, 6) is -1.64. The summed E-state index contributed by atoms with van der Waals surface area (Å²) in [6.45, 7) is 2.84. The highest BCUT2D eigenvalue weighted by Crippen LogP contribution is 2.42. The number of amides is 2. The van der Waals surface area contributed by atoms with Gasteiger partial charge in [0.25, 0.3) is 0 Å². The molecule has 0 spiro atoms. The first-order valence-electron chi connectivity index (χ1n) is 12.3. The topological polar surface area (TPSA) is 150 Å². The summed E-state index contributed by atoms with van der Waals surface area (Å²) < 4.78 is 25.8. The van der Waals surface area contributed by atoms with E-state index in [-0.39, 0.29) is 31.5 Å².